The third-order valence-corrected chi connectivity index (χ3v) is 2.74. The van der Waals surface area contributed by atoms with Crippen LogP contribution in [-0.4, -0.2) is 24.3 Å². The normalized spacial score (nSPS) is 9.59. The Labute approximate surface area is 152 Å². The van der Waals surface area contributed by atoms with Crippen molar-refractivity contribution >= 4 is 5.97 Å². The summed E-state index contributed by atoms with van der Waals surface area (Å²) < 4.78 is 60.0. The minimum Gasteiger partial charge on any atom is -0.493 e. The third kappa shape index (κ3) is 9.69. The lowest BCUT2D eigenvalue weighted by molar-refractivity contribution is -0.137. The Morgan fingerprint density at radius 3 is 1.63 bits per heavy atom. The van der Waals surface area contributed by atoms with Crippen LogP contribution in [0.15, 0.2) is 36.4 Å². The van der Waals surface area contributed by atoms with E-state index in [4.69, 9.17) is 19.8 Å². The second kappa shape index (κ2) is 11.4. The summed E-state index contributed by atoms with van der Waals surface area (Å²) in [5, 5.41) is 16.4. The molecule has 0 fully saturated rings. The van der Waals surface area contributed by atoms with Crippen molar-refractivity contribution < 1.29 is 36.9 Å². The van der Waals surface area contributed by atoms with Crippen LogP contribution >= 0.6 is 0 Å². The Balaban J connectivity index is 0.000000271. The fourth-order valence-electron chi connectivity index (χ4n) is 1.69. The van der Waals surface area contributed by atoms with Gasteiger partial charge >= 0.3 is 5.97 Å². The van der Waals surface area contributed by atoms with Crippen LogP contribution in [0.3, 0.4) is 0 Å². The Hall–Kier alpha value is -3.28. The van der Waals surface area contributed by atoms with Gasteiger partial charge in [-0.05, 0) is 0 Å². The number of hydrogen-bond donors (Lipinski definition) is 1. The largest absolute Gasteiger partial charge is 0.493 e. The Morgan fingerprint density at radius 2 is 1.26 bits per heavy atom. The van der Waals surface area contributed by atoms with Gasteiger partial charge < -0.3 is 14.6 Å². The van der Waals surface area contributed by atoms with Crippen LogP contribution in [0, 0.1) is 34.6 Å². The highest BCUT2D eigenvalue weighted by molar-refractivity contribution is 5.66. The first-order valence-corrected chi connectivity index (χ1v) is 7.56. The predicted octanol–water partition coefficient (Wildman–Crippen LogP) is 4.08. The van der Waals surface area contributed by atoms with Crippen LogP contribution in [0.1, 0.15) is 12.8 Å². The van der Waals surface area contributed by atoms with Gasteiger partial charge in [0.15, 0.2) is 0 Å². The Bertz CT molecular complexity index is 768. The van der Waals surface area contributed by atoms with Crippen LogP contribution in [-0.2, 0) is 4.79 Å². The minimum atomic E-state index is -1.03. The molecule has 0 aromatic heterocycles. The molecule has 0 spiro atoms. The molecule has 0 unspecified atom stereocenters. The van der Waals surface area contributed by atoms with Crippen LogP contribution in [0.2, 0.25) is 0 Å². The molecule has 9 heteroatoms. The van der Waals surface area contributed by atoms with Crippen molar-refractivity contribution in [3.63, 3.8) is 0 Å². The molecule has 2 aromatic rings. The number of carboxylic acid groups (broad SMARTS) is 1. The van der Waals surface area contributed by atoms with Crippen molar-refractivity contribution in [2.75, 3.05) is 13.2 Å². The molecule has 0 atom stereocenters. The molecule has 0 saturated carbocycles. The van der Waals surface area contributed by atoms with Crippen LogP contribution in [0.25, 0.3) is 0 Å². The summed E-state index contributed by atoms with van der Waals surface area (Å²) in [6.45, 7) is 0.0254. The van der Waals surface area contributed by atoms with Crippen LogP contribution in [0.5, 0.6) is 11.5 Å². The zero-order valence-electron chi connectivity index (χ0n) is 13.9. The Kier molecular flexibility index (Phi) is 9.15. The van der Waals surface area contributed by atoms with Gasteiger partial charge in [-0.25, -0.2) is 17.6 Å². The first-order chi connectivity index (χ1) is 12.8. The molecule has 1 N–H and O–H groups in total. The topological polar surface area (TPSA) is 79.5 Å². The smallest absolute Gasteiger partial charge is 0.306 e. The maximum atomic E-state index is 12.6. The monoisotopic (exact) mass is 385 g/mol. The average Bonchev–Trinajstić information content (AvgIpc) is 2.53. The molecule has 0 aliphatic carbocycles. The molecule has 0 heterocycles. The number of nitriles is 1. The van der Waals surface area contributed by atoms with Crippen molar-refractivity contribution in [3.05, 3.63) is 59.7 Å². The SMILES string of the molecule is N#CCCOc1cc(F)cc(F)c1.O=C(O)CCOc1cc(F)cc(F)c1. The van der Waals surface area contributed by atoms with Gasteiger partial charge in [-0.1, -0.05) is 0 Å². The molecule has 0 bridgehead atoms. The van der Waals surface area contributed by atoms with Gasteiger partial charge in [0.1, 0.15) is 41.4 Å². The van der Waals surface area contributed by atoms with E-state index in [0.29, 0.717) is 6.07 Å². The maximum absolute atomic E-state index is 12.6. The first kappa shape index (κ1) is 21.8. The second-order valence-corrected chi connectivity index (χ2v) is 4.96. The molecule has 0 saturated heterocycles. The molecule has 0 aliphatic heterocycles. The van der Waals surface area contributed by atoms with Crippen molar-refractivity contribution in [1.29, 1.82) is 5.26 Å². The lowest BCUT2D eigenvalue weighted by atomic mass is 10.3. The summed E-state index contributed by atoms with van der Waals surface area (Å²) in [5.41, 5.74) is 0. The highest BCUT2D eigenvalue weighted by atomic mass is 19.1. The summed E-state index contributed by atoms with van der Waals surface area (Å²) in [6.07, 6.45) is -0.0176. The number of aliphatic carboxylic acids is 1. The molecule has 2 aromatic carbocycles. The molecule has 27 heavy (non-hydrogen) atoms. The fraction of sp³-hybridized carbons (Fsp3) is 0.222. The summed E-state index contributed by atoms with van der Waals surface area (Å²) >= 11 is 0. The summed E-state index contributed by atoms with van der Waals surface area (Å²) in [6, 6.07) is 7.45. The van der Waals surface area contributed by atoms with E-state index >= 15 is 0 Å². The van der Waals surface area contributed by atoms with Crippen molar-refractivity contribution in [2.24, 2.45) is 0 Å². The number of halogens is 4. The van der Waals surface area contributed by atoms with Gasteiger partial charge in [0.05, 0.1) is 25.5 Å². The number of carbonyl (C=O) groups is 1. The quantitative estimate of drug-likeness (QED) is 0.574. The molecule has 144 valence electrons. The van der Waals surface area contributed by atoms with Gasteiger partial charge in [0.2, 0.25) is 0 Å². The maximum Gasteiger partial charge on any atom is 0.306 e. The minimum absolute atomic E-state index is 0.0104. The number of benzene rings is 2. The molecule has 0 aliphatic rings. The van der Waals surface area contributed by atoms with E-state index in [-0.39, 0.29) is 37.6 Å². The highest BCUT2D eigenvalue weighted by Gasteiger charge is 2.03. The molecule has 5 nitrogen and oxygen atoms in total. The first-order valence-electron chi connectivity index (χ1n) is 7.56. The van der Waals surface area contributed by atoms with Gasteiger partial charge in [-0.15, -0.1) is 0 Å². The van der Waals surface area contributed by atoms with E-state index in [1.165, 1.54) is 0 Å². The molecule has 2 rings (SSSR count). The van der Waals surface area contributed by atoms with Crippen molar-refractivity contribution in [2.45, 2.75) is 12.8 Å². The Morgan fingerprint density at radius 1 is 0.852 bits per heavy atom. The van der Waals surface area contributed by atoms with Gasteiger partial charge in [0, 0.05) is 36.4 Å². The zero-order chi connectivity index (χ0) is 20.2. The lowest BCUT2D eigenvalue weighted by Crippen LogP contribution is -2.05. The predicted molar refractivity (Wildman–Crippen MR) is 86.2 cm³/mol. The summed E-state index contributed by atoms with van der Waals surface area (Å²) in [5.74, 6) is -3.82. The number of rotatable bonds is 7. The highest BCUT2D eigenvalue weighted by Crippen LogP contribution is 2.16. The third-order valence-electron chi connectivity index (χ3n) is 2.74. The van der Waals surface area contributed by atoms with Gasteiger partial charge in [-0.2, -0.15) is 5.26 Å². The second-order valence-electron chi connectivity index (χ2n) is 4.96. The van der Waals surface area contributed by atoms with Crippen LogP contribution in [0.4, 0.5) is 17.6 Å². The number of carboxylic acids is 1. The van der Waals surface area contributed by atoms with Crippen molar-refractivity contribution in [3.8, 4) is 17.6 Å². The lowest BCUT2D eigenvalue weighted by Gasteiger charge is -2.04. The standard InChI is InChI=1S/C9H7F2NO.C9H8F2O3/c10-7-4-8(11)6-9(5-7)13-3-1-2-12;10-6-3-7(11)5-8(4-6)14-2-1-9(12)13/h4-6H,1,3H2;3-5H,1-2H2,(H,12,13). The van der Waals surface area contributed by atoms with E-state index in [1.807, 2.05) is 6.07 Å². The number of nitrogens with zero attached hydrogens (tertiary/aromatic N) is 1. The number of ether oxygens (including phenoxy) is 2. The zero-order valence-corrected chi connectivity index (χ0v) is 13.9. The fourth-order valence-corrected chi connectivity index (χ4v) is 1.69. The van der Waals surface area contributed by atoms with E-state index in [0.717, 1.165) is 30.3 Å². The van der Waals surface area contributed by atoms with Crippen LogP contribution < -0.4 is 9.47 Å². The van der Waals surface area contributed by atoms with Gasteiger partial charge in [-0.3, -0.25) is 4.79 Å². The average molecular weight is 385 g/mol. The van der Waals surface area contributed by atoms with Crippen molar-refractivity contribution in [1.82, 2.24) is 0 Å². The molecule has 0 amide bonds. The molecular formula is C18H15F4NO4. The summed E-state index contributed by atoms with van der Waals surface area (Å²) in [4.78, 5) is 10.1. The van der Waals surface area contributed by atoms with Gasteiger partial charge in [0.25, 0.3) is 0 Å². The van der Waals surface area contributed by atoms with E-state index in [2.05, 4.69) is 0 Å². The summed E-state index contributed by atoms with van der Waals surface area (Å²) in [7, 11) is 0. The van der Waals surface area contributed by atoms with E-state index < -0.39 is 29.2 Å². The van der Waals surface area contributed by atoms with E-state index in [1.54, 1.807) is 0 Å². The molecule has 0 radical (unpaired) electrons. The van der Waals surface area contributed by atoms with E-state index in [9.17, 15) is 22.4 Å². The number of hydrogen-bond acceptors (Lipinski definition) is 4. The molecular weight excluding hydrogens is 370 g/mol.